The van der Waals surface area contributed by atoms with Crippen LogP contribution < -0.4 is 15.8 Å². The zero-order valence-corrected chi connectivity index (χ0v) is 19.7. The van der Waals surface area contributed by atoms with Gasteiger partial charge in [-0.3, -0.25) is 4.79 Å². The largest absolute Gasteiger partial charge is 0.467 e. The van der Waals surface area contributed by atoms with Gasteiger partial charge in [-0.2, -0.15) is 0 Å². The maximum atomic E-state index is 12.0. The quantitative estimate of drug-likeness (QED) is 0.311. The molecule has 0 saturated carbocycles. The van der Waals surface area contributed by atoms with Crippen molar-refractivity contribution in [2.75, 3.05) is 19.4 Å². The molecule has 0 bridgehead atoms. The lowest BCUT2D eigenvalue weighted by Gasteiger charge is -2.33. The van der Waals surface area contributed by atoms with E-state index in [0.717, 1.165) is 5.56 Å². The second-order valence-electron chi connectivity index (χ2n) is 8.00. The zero-order valence-electron chi connectivity index (χ0n) is 19.7. The van der Waals surface area contributed by atoms with Gasteiger partial charge in [0.15, 0.2) is 6.10 Å². The Morgan fingerprint density at radius 3 is 2.57 bits per heavy atom. The summed E-state index contributed by atoms with van der Waals surface area (Å²) in [5.74, 6) is -0.655. The highest BCUT2D eigenvalue weighted by Gasteiger charge is 2.37. The number of carbonyl (C=O) groups is 3. The molecule has 188 valence electrons. The Labute approximate surface area is 203 Å². The highest BCUT2D eigenvalue weighted by atomic mass is 16.7. The molecule has 2 aromatic rings. The van der Waals surface area contributed by atoms with E-state index in [2.05, 4.69) is 5.32 Å². The summed E-state index contributed by atoms with van der Waals surface area (Å²) in [6.45, 7) is 1.74. The van der Waals surface area contributed by atoms with E-state index in [1.165, 1.54) is 14.0 Å². The van der Waals surface area contributed by atoms with Crippen molar-refractivity contribution >= 4 is 23.7 Å². The van der Waals surface area contributed by atoms with E-state index in [-0.39, 0.29) is 19.4 Å². The number of benzene rings is 2. The van der Waals surface area contributed by atoms with Crippen LogP contribution in [0.3, 0.4) is 0 Å². The third-order valence-electron chi connectivity index (χ3n) is 5.31. The first kappa shape index (κ1) is 25.8. The lowest BCUT2D eigenvalue weighted by Crippen LogP contribution is -2.44. The molecule has 1 amide bonds. The van der Waals surface area contributed by atoms with Crippen LogP contribution >= 0.6 is 0 Å². The molecule has 0 aromatic heterocycles. The normalized spacial score (nSPS) is 19.3. The van der Waals surface area contributed by atoms with Gasteiger partial charge in [-0.15, -0.1) is 0 Å². The number of nitrogens with one attached hydrogen (secondary N) is 1. The summed E-state index contributed by atoms with van der Waals surface area (Å²) in [6, 6.07) is 14.7. The minimum atomic E-state index is -0.923. The molecular formula is C25H30N2O8. The first-order valence-corrected chi connectivity index (χ1v) is 11.2. The Morgan fingerprint density at radius 1 is 1.11 bits per heavy atom. The number of methoxy groups -OCH3 is 1. The third kappa shape index (κ3) is 8.18. The number of amides is 1. The van der Waals surface area contributed by atoms with Gasteiger partial charge in [0, 0.05) is 43.6 Å². The maximum Gasteiger partial charge on any atom is 0.407 e. The van der Waals surface area contributed by atoms with E-state index >= 15 is 0 Å². The molecule has 3 N–H and O–H groups in total. The van der Waals surface area contributed by atoms with Crippen molar-refractivity contribution in [3.63, 3.8) is 0 Å². The molecule has 0 unspecified atom stereocenters. The van der Waals surface area contributed by atoms with Crippen LogP contribution in [0.2, 0.25) is 0 Å². The molecule has 3 rings (SSSR count). The number of rotatable bonds is 9. The second kappa shape index (κ2) is 12.6. The van der Waals surface area contributed by atoms with Crippen LogP contribution in [0.15, 0.2) is 48.5 Å². The summed E-state index contributed by atoms with van der Waals surface area (Å²) in [5, 5.41) is 2.71. The van der Waals surface area contributed by atoms with Crippen molar-refractivity contribution in [1.82, 2.24) is 5.32 Å². The van der Waals surface area contributed by atoms with Crippen LogP contribution in [0.1, 0.15) is 30.9 Å². The number of anilines is 1. The Morgan fingerprint density at radius 2 is 1.89 bits per heavy atom. The van der Waals surface area contributed by atoms with Crippen molar-refractivity contribution in [1.29, 1.82) is 0 Å². The smallest absolute Gasteiger partial charge is 0.407 e. The summed E-state index contributed by atoms with van der Waals surface area (Å²) in [6.07, 6.45) is -1.76. The average molecular weight is 487 g/mol. The van der Waals surface area contributed by atoms with Crippen molar-refractivity contribution in [2.24, 2.45) is 0 Å². The summed E-state index contributed by atoms with van der Waals surface area (Å²) in [7, 11) is 1.25. The van der Waals surface area contributed by atoms with Crippen LogP contribution in [0.25, 0.3) is 0 Å². The molecule has 0 spiro atoms. The van der Waals surface area contributed by atoms with E-state index in [9.17, 15) is 14.4 Å². The van der Waals surface area contributed by atoms with Gasteiger partial charge in [0.05, 0.1) is 7.11 Å². The molecule has 0 radical (unpaired) electrons. The van der Waals surface area contributed by atoms with Gasteiger partial charge < -0.3 is 34.7 Å². The molecule has 1 aliphatic rings. The Kier molecular flexibility index (Phi) is 9.31. The molecule has 10 heteroatoms. The molecule has 35 heavy (non-hydrogen) atoms. The lowest BCUT2D eigenvalue weighted by molar-refractivity contribution is -0.204. The van der Waals surface area contributed by atoms with Gasteiger partial charge >= 0.3 is 18.0 Å². The molecule has 2 aromatic carbocycles. The Balaban J connectivity index is 1.50. The fourth-order valence-corrected chi connectivity index (χ4v) is 3.61. The first-order chi connectivity index (χ1) is 16.8. The van der Waals surface area contributed by atoms with Gasteiger partial charge in [-0.05, 0) is 24.1 Å². The fourth-order valence-electron chi connectivity index (χ4n) is 3.61. The van der Waals surface area contributed by atoms with E-state index < -0.39 is 36.5 Å². The standard InChI is InChI=1S/C25H30N2O8/c1-16(28)33-20-13-22(24(29)31-2)35-23(14-20)34-19-9-8-18(21(26)12-19)15-32-25(30)27-11-10-17-6-4-3-5-7-17/h3-9,12,20,22-23H,10-11,13-15,26H2,1-2H3,(H,27,30)/t20-,22-,23+/m0/s1. The van der Waals surface area contributed by atoms with Crippen LogP contribution in [0.4, 0.5) is 10.5 Å². The number of hydrogen-bond acceptors (Lipinski definition) is 9. The minimum absolute atomic E-state index is 0.0118. The maximum absolute atomic E-state index is 12.0. The van der Waals surface area contributed by atoms with Crippen LogP contribution in [0.5, 0.6) is 5.75 Å². The SMILES string of the molecule is COC(=O)[C@@H]1C[C@H](OC(C)=O)C[C@H](Oc2ccc(COC(=O)NCCc3ccccc3)c(N)c2)O1. The van der Waals surface area contributed by atoms with Gasteiger partial charge in [0.2, 0.25) is 6.29 Å². The van der Waals surface area contributed by atoms with Crippen molar-refractivity contribution in [2.45, 2.75) is 51.3 Å². The zero-order chi connectivity index (χ0) is 25.2. The first-order valence-electron chi connectivity index (χ1n) is 11.2. The fraction of sp³-hybridized carbons (Fsp3) is 0.400. The lowest BCUT2D eigenvalue weighted by atomic mass is 10.0. The summed E-state index contributed by atoms with van der Waals surface area (Å²) >= 11 is 0. The van der Waals surface area contributed by atoms with E-state index in [0.29, 0.717) is 30.0 Å². The van der Waals surface area contributed by atoms with Crippen LogP contribution in [0, 0.1) is 0 Å². The number of nitrogen functional groups attached to an aromatic ring is 1. The van der Waals surface area contributed by atoms with E-state index in [1.807, 2.05) is 30.3 Å². The highest BCUT2D eigenvalue weighted by Crippen LogP contribution is 2.28. The predicted octanol–water partition coefficient (Wildman–Crippen LogP) is 2.73. The number of ether oxygens (including phenoxy) is 5. The van der Waals surface area contributed by atoms with Crippen molar-refractivity contribution in [3.05, 3.63) is 59.7 Å². The number of nitrogens with two attached hydrogens (primary N) is 1. The van der Waals surface area contributed by atoms with E-state index in [1.54, 1.807) is 18.2 Å². The molecule has 1 fully saturated rings. The summed E-state index contributed by atoms with van der Waals surface area (Å²) in [4.78, 5) is 35.3. The second-order valence-corrected chi connectivity index (χ2v) is 8.00. The Bertz CT molecular complexity index is 1010. The molecule has 10 nitrogen and oxygen atoms in total. The predicted molar refractivity (Wildman–Crippen MR) is 125 cm³/mol. The minimum Gasteiger partial charge on any atom is -0.467 e. The highest BCUT2D eigenvalue weighted by molar-refractivity contribution is 5.75. The number of carbonyl (C=O) groups excluding carboxylic acids is 3. The van der Waals surface area contributed by atoms with Gasteiger partial charge in [-0.1, -0.05) is 30.3 Å². The number of esters is 2. The molecular weight excluding hydrogens is 456 g/mol. The molecule has 0 aliphatic carbocycles. The van der Waals surface area contributed by atoms with Crippen LogP contribution in [-0.2, 0) is 41.6 Å². The topological polar surface area (TPSA) is 135 Å². The summed E-state index contributed by atoms with van der Waals surface area (Å²) in [5.41, 5.74) is 8.18. The monoisotopic (exact) mass is 486 g/mol. The average Bonchev–Trinajstić information content (AvgIpc) is 2.83. The van der Waals surface area contributed by atoms with Crippen molar-refractivity contribution in [3.8, 4) is 5.75 Å². The van der Waals surface area contributed by atoms with Crippen molar-refractivity contribution < 1.29 is 38.1 Å². The molecule has 1 saturated heterocycles. The van der Waals surface area contributed by atoms with Crippen LogP contribution in [-0.4, -0.2) is 50.2 Å². The molecule has 3 atom stereocenters. The summed E-state index contributed by atoms with van der Waals surface area (Å²) < 4.78 is 26.7. The molecule has 1 heterocycles. The molecule has 1 aliphatic heterocycles. The van der Waals surface area contributed by atoms with E-state index in [4.69, 9.17) is 29.4 Å². The third-order valence-corrected chi connectivity index (χ3v) is 5.31. The number of alkyl carbamates (subject to hydrolysis) is 1. The van der Waals surface area contributed by atoms with Gasteiger partial charge in [-0.25, -0.2) is 9.59 Å². The van der Waals surface area contributed by atoms with Gasteiger partial charge in [0.25, 0.3) is 0 Å². The van der Waals surface area contributed by atoms with Gasteiger partial charge in [0.1, 0.15) is 18.5 Å². The number of hydrogen-bond donors (Lipinski definition) is 2. The Hall–Kier alpha value is -3.79.